The fourth-order valence-electron chi connectivity index (χ4n) is 4.98. The molecule has 0 aliphatic heterocycles. The van der Waals surface area contributed by atoms with Crippen molar-refractivity contribution in [3.8, 4) is 0 Å². The maximum atomic E-state index is 2.43. The first-order valence-corrected chi connectivity index (χ1v) is 10.7. The third-order valence-corrected chi connectivity index (χ3v) is 6.53. The first-order chi connectivity index (χ1) is 12.6. The molecular formula is C26H31Cl3Ti. The summed E-state index contributed by atoms with van der Waals surface area (Å²) in [5.74, 6) is 0. The Morgan fingerprint density at radius 3 is 1.40 bits per heavy atom. The molecule has 0 nitrogen and oxygen atoms in total. The van der Waals surface area contributed by atoms with Crippen molar-refractivity contribution in [3.63, 3.8) is 0 Å². The van der Waals surface area contributed by atoms with Gasteiger partial charge in [-0.2, -0.15) is 0 Å². The molecule has 0 radical (unpaired) electrons. The minimum absolute atomic E-state index is 0. The Balaban J connectivity index is 0.00000280. The predicted octanol–water partition coefficient (Wildman–Crippen LogP) is -1.79. The molecular weight excluding hydrogens is 467 g/mol. The van der Waals surface area contributed by atoms with Gasteiger partial charge in [-0.25, -0.2) is 0 Å². The summed E-state index contributed by atoms with van der Waals surface area (Å²) in [4.78, 5) is 0. The van der Waals surface area contributed by atoms with Gasteiger partial charge in [0.15, 0.2) is 0 Å². The third kappa shape index (κ3) is 5.11. The summed E-state index contributed by atoms with van der Waals surface area (Å²) in [6, 6.07) is 22.3. The Bertz CT molecular complexity index is 830. The fourth-order valence-corrected chi connectivity index (χ4v) is 5.96. The number of rotatable bonds is 3. The van der Waals surface area contributed by atoms with Crippen molar-refractivity contribution in [2.45, 2.75) is 53.4 Å². The Morgan fingerprint density at radius 2 is 1.07 bits per heavy atom. The quantitative estimate of drug-likeness (QED) is 0.440. The van der Waals surface area contributed by atoms with Crippen LogP contribution in [0, 0.1) is 10.8 Å². The molecule has 0 bridgehead atoms. The number of halogens is 3. The van der Waals surface area contributed by atoms with Gasteiger partial charge in [0, 0.05) is 0 Å². The van der Waals surface area contributed by atoms with E-state index in [0.29, 0.717) is 0 Å². The Kier molecular flexibility index (Phi) is 10.7. The standard InChI is InChI=1S/C26H31.3ClH.Ti/c1-24(2,3)22-18-13-19-23(22)26(25(4,5)6,20-14-9-7-10-15-20)21-16-11-8-12-17-21;;;;/h7-17H,19H2,1-6H3;3*1H;/q;;;;+3/p-3. The molecule has 1 aliphatic carbocycles. The van der Waals surface area contributed by atoms with Crippen LogP contribution < -0.4 is 37.2 Å². The van der Waals surface area contributed by atoms with Crippen molar-refractivity contribution in [1.29, 1.82) is 0 Å². The van der Waals surface area contributed by atoms with E-state index in [1.54, 1.807) is 5.57 Å². The third-order valence-electron chi connectivity index (χ3n) is 5.82. The number of hydrogen-bond acceptors (Lipinski definition) is 0. The minimum Gasteiger partial charge on any atom is -1.00 e. The first-order valence-electron chi connectivity index (χ1n) is 9.87. The zero-order chi connectivity index (χ0) is 19.9. The fraction of sp³-hybridized carbons (Fsp3) is 0.385. The summed E-state index contributed by atoms with van der Waals surface area (Å²) in [5, 5.41) is 0. The van der Waals surface area contributed by atoms with Crippen LogP contribution in [0.4, 0.5) is 0 Å². The average molecular weight is 498 g/mol. The van der Waals surface area contributed by atoms with Crippen LogP contribution in [-0.4, -0.2) is 0 Å². The van der Waals surface area contributed by atoms with Gasteiger partial charge in [-0.05, 0) is 0 Å². The zero-order valence-corrected chi connectivity index (χ0v) is 22.5. The molecule has 4 heteroatoms. The molecule has 0 unspecified atom stereocenters. The van der Waals surface area contributed by atoms with Gasteiger partial charge in [-0.15, -0.1) is 0 Å². The average Bonchev–Trinajstić information content (AvgIpc) is 2.98. The zero-order valence-electron chi connectivity index (χ0n) is 18.7. The van der Waals surface area contributed by atoms with Crippen LogP contribution in [0.2, 0.25) is 0 Å². The van der Waals surface area contributed by atoms with E-state index in [0.717, 1.165) is 6.42 Å². The molecule has 0 N–H and O–H groups in total. The Hall–Kier alpha value is -0.496. The topological polar surface area (TPSA) is 0 Å². The SMILES string of the molecule is CC(C)(C)C1=C(C(c2ccccc2)(c2ccccc2)C(C)(C)C)CC=[C]1[Ti+3].[Cl-].[Cl-].[Cl-]. The van der Waals surface area contributed by atoms with E-state index >= 15 is 0 Å². The molecule has 0 heterocycles. The summed E-state index contributed by atoms with van der Waals surface area (Å²) in [5.41, 5.74) is 5.87. The smallest absolute Gasteiger partial charge is 1.00 e. The number of hydrogen-bond donors (Lipinski definition) is 0. The van der Waals surface area contributed by atoms with E-state index in [1.807, 2.05) is 0 Å². The second-order valence-electron chi connectivity index (χ2n) is 9.66. The molecule has 0 amide bonds. The van der Waals surface area contributed by atoms with E-state index in [9.17, 15) is 0 Å². The van der Waals surface area contributed by atoms with Crippen molar-refractivity contribution in [2.75, 3.05) is 0 Å². The molecule has 30 heavy (non-hydrogen) atoms. The molecule has 0 aromatic heterocycles. The predicted molar refractivity (Wildman–Crippen MR) is 112 cm³/mol. The van der Waals surface area contributed by atoms with E-state index in [1.165, 1.54) is 20.6 Å². The van der Waals surface area contributed by atoms with E-state index in [-0.39, 0.29) is 53.5 Å². The number of allylic oxidation sites excluding steroid dienone is 4. The summed E-state index contributed by atoms with van der Waals surface area (Å²) in [7, 11) is 0. The molecule has 3 rings (SSSR count). The summed E-state index contributed by atoms with van der Waals surface area (Å²) >= 11 is 2.29. The summed E-state index contributed by atoms with van der Waals surface area (Å²) in [6.45, 7) is 14.3. The van der Waals surface area contributed by atoms with Gasteiger partial charge in [0.25, 0.3) is 0 Å². The molecule has 0 atom stereocenters. The molecule has 0 saturated carbocycles. The Labute approximate surface area is 213 Å². The van der Waals surface area contributed by atoms with Crippen molar-refractivity contribution in [1.82, 2.24) is 0 Å². The van der Waals surface area contributed by atoms with Crippen molar-refractivity contribution in [3.05, 3.63) is 92.9 Å². The monoisotopic (exact) mass is 496 g/mol. The van der Waals surface area contributed by atoms with Crippen LogP contribution in [-0.2, 0) is 25.9 Å². The van der Waals surface area contributed by atoms with Crippen LogP contribution in [0.15, 0.2) is 81.8 Å². The van der Waals surface area contributed by atoms with Crippen LogP contribution in [0.5, 0.6) is 0 Å². The van der Waals surface area contributed by atoms with Crippen LogP contribution in [0.1, 0.15) is 59.1 Å². The van der Waals surface area contributed by atoms with Crippen molar-refractivity contribution >= 4 is 0 Å². The first kappa shape index (κ1) is 29.5. The van der Waals surface area contributed by atoms with Crippen LogP contribution in [0.3, 0.4) is 0 Å². The summed E-state index contributed by atoms with van der Waals surface area (Å²) in [6.07, 6.45) is 3.46. The molecule has 0 fully saturated rings. The molecule has 160 valence electrons. The second kappa shape index (κ2) is 10.9. The molecule has 2 aromatic carbocycles. The van der Waals surface area contributed by atoms with Gasteiger partial charge in [0.1, 0.15) is 0 Å². The summed E-state index contributed by atoms with van der Waals surface area (Å²) < 4.78 is 1.44. The van der Waals surface area contributed by atoms with Crippen LogP contribution in [0.25, 0.3) is 0 Å². The van der Waals surface area contributed by atoms with Crippen molar-refractivity contribution < 1.29 is 57.7 Å². The van der Waals surface area contributed by atoms with Gasteiger partial charge < -0.3 is 37.2 Å². The molecule has 0 saturated heterocycles. The minimum atomic E-state index is -0.160. The van der Waals surface area contributed by atoms with Crippen LogP contribution >= 0.6 is 0 Å². The molecule has 1 aliphatic rings. The van der Waals surface area contributed by atoms with Gasteiger partial charge >= 0.3 is 178 Å². The van der Waals surface area contributed by atoms with E-state index in [2.05, 4.69) is 129 Å². The molecule has 2 aromatic rings. The maximum Gasteiger partial charge on any atom is -1.00 e. The van der Waals surface area contributed by atoms with E-state index < -0.39 is 0 Å². The Morgan fingerprint density at radius 1 is 0.667 bits per heavy atom. The normalized spacial score (nSPS) is 14.3. The van der Waals surface area contributed by atoms with Gasteiger partial charge in [-0.1, -0.05) is 0 Å². The van der Waals surface area contributed by atoms with Gasteiger partial charge in [0.05, 0.1) is 0 Å². The van der Waals surface area contributed by atoms with Crippen molar-refractivity contribution in [2.24, 2.45) is 10.8 Å². The molecule has 0 spiro atoms. The van der Waals surface area contributed by atoms with Gasteiger partial charge in [0.2, 0.25) is 0 Å². The second-order valence-corrected chi connectivity index (χ2v) is 10.5. The maximum absolute atomic E-state index is 2.43. The number of benzene rings is 2. The largest absolute Gasteiger partial charge is 1.00 e. The van der Waals surface area contributed by atoms with Gasteiger partial charge in [-0.3, -0.25) is 0 Å². The van der Waals surface area contributed by atoms with E-state index in [4.69, 9.17) is 0 Å².